The number of nitrogens with zero attached hydrogens (tertiary/aromatic N) is 2. The summed E-state index contributed by atoms with van der Waals surface area (Å²) < 4.78 is 1.58. The summed E-state index contributed by atoms with van der Waals surface area (Å²) >= 11 is 0. The number of hydrogen-bond donors (Lipinski definition) is 3. The summed E-state index contributed by atoms with van der Waals surface area (Å²) in [5.74, 6) is 0.0472. The van der Waals surface area contributed by atoms with Gasteiger partial charge in [0, 0.05) is 6.07 Å². The molecular weight excluding hydrogens is 316 g/mol. The first-order valence-corrected chi connectivity index (χ1v) is 7.85. The van der Waals surface area contributed by atoms with E-state index in [1.54, 1.807) is 4.68 Å². The quantitative estimate of drug-likeness (QED) is 0.537. The largest absolute Gasteiger partial charge is 0.494 e. The van der Waals surface area contributed by atoms with Crippen LogP contribution in [-0.2, 0) is 6.54 Å². The van der Waals surface area contributed by atoms with E-state index in [9.17, 15) is 9.90 Å². The fourth-order valence-electron chi connectivity index (χ4n) is 3.01. The molecule has 4 N–H and O–H groups in total. The van der Waals surface area contributed by atoms with Crippen LogP contribution in [-0.4, -0.2) is 19.9 Å². The maximum absolute atomic E-state index is 12.0. The molecule has 0 aliphatic heterocycles. The van der Waals surface area contributed by atoms with Gasteiger partial charge in [0.05, 0.1) is 6.54 Å². The highest BCUT2D eigenvalue weighted by Gasteiger charge is 2.14. The number of aromatic hydroxyl groups is 1. The van der Waals surface area contributed by atoms with Gasteiger partial charge in [-0.1, -0.05) is 54.6 Å². The molecule has 0 radical (unpaired) electrons. The Hall–Kier alpha value is -3.54. The lowest BCUT2D eigenvalue weighted by molar-refractivity contribution is 0.453. The van der Waals surface area contributed by atoms with Crippen LogP contribution in [0.2, 0.25) is 0 Å². The lowest BCUT2D eigenvalue weighted by Gasteiger charge is -2.11. The van der Waals surface area contributed by atoms with Gasteiger partial charge in [-0.3, -0.25) is 9.78 Å². The molecule has 0 aliphatic rings. The van der Waals surface area contributed by atoms with E-state index in [1.807, 2.05) is 54.6 Å². The number of pyridine rings is 1. The van der Waals surface area contributed by atoms with Crippen molar-refractivity contribution in [3.05, 3.63) is 76.6 Å². The van der Waals surface area contributed by atoms with Crippen LogP contribution in [0.4, 0.5) is 5.82 Å². The molecule has 6 heteroatoms. The van der Waals surface area contributed by atoms with Gasteiger partial charge in [-0.25, -0.2) is 4.68 Å². The molecule has 0 atom stereocenters. The minimum absolute atomic E-state index is 0.230. The minimum Gasteiger partial charge on any atom is -0.494 e. The first kappa shape index (κ1) is 15.0. The van der Waals surface area contributed by atoms with Crippen molar-refractivity contribution in [2.75, 3.05) is 5.73 Å². The third kappa shape index (κ3) is 2.63. The maximum Gasteiger partial charge on any atom is 0.263 e. The number of aromatic nitrogens is 3. The second-order valence-corrected chi connectivity index (χ2v) is 5.81. The molecule has 2 heterocycles. The smallest absolute Gasteiger partial charge is 0.263 e. The van der Waals surface area contributed by atoms with E-state index < -0.39 is 5.56 Å². The molecule has 0 spiro atoms. The van der Waals surface area contributed by atoms with E-state index >= 15 is 0 Å². The number of anilines is 1. The topological polar surface area (TPSA) is 96.9 Å². The number of benzene rings is 2. The molecule has 0 bridgehead atoms. The highest BCUT2D eigenvalue weighted by molar-refractivity contribution is 5.88. The van der Waals surface area contributed by atoms with Crippen LogP contribution >= 0.6 is 0 Å². The summed E-state index contributed by atoms with van der Waals surface area (Å²) in [5.41, 5.74) is 9.27. The molecule has 4 rings (SSSR count). The number of fused-ring (bicyclic) bond motifs is 1. The van der Waals surface area contributed by atoms with Gasteiger partial charge in [0.2, 0.25) is 0 Å². The van der Waals surface area contributed by atoms with Crippen molar-refractivity contribution < 1.29 is 5.11 Å². The Morgan fingerprint density at radius 3 is 2.60 bits per heavy atom. The van der Waals surface area contributed by atoms with E-state index in [4.69, 9.17) is 5.73 Å². The average Bonchev–Trinajstić information content (AvgIpc) is 2.92. The van der Waals surface area contributed by atoms with Gasteiger partial charge in [0.1, 0.15) is 16.7 Å². The van der Waals surface area contributed by atoms with Gasteiger partial charge >= 0.3 is 0 Å². The van der Waals surface area contributed by atoms with Crippen molar-refractivity contribution in [2.24, 2.45) is 0 Å². The monoisotopic (exact) mass is 332 g/mol. The number of H-pyrrole nitrogens is 1. The Morgan fingerprint density at radius 1 is 1.08 bits per heavy atom. The Kier molecular flexibility index (Phi) is 3.50. The van der Waals surface area contributed by atoms with Crippen molar-refractivity contribution in [3.63, 3.8) is 0 Å². The number of hydrogen-bond acceptors (Lipinski definition) is 4. The van der Waals surface area contributed by atoms with Crippen molar-refractivity contribution >= 4 is 16.7 Å². The highest BCUT2D eigenvalue weighted by atomic mass is 16.3. The molecule has 25 heavy (non-hydrogen) atoms. The molecule has 0 unspecified atom stereocenters. The Morgan fingerprint density at radius 2 is 1.80 bits per heavy atom. The Labute approximate surface area is 143 Å². The SMILES string of the molecule is Nc1c2c(=O)[nH]c(O)cc2nn1Cc1ccccc1-c1ccccc1. The van der Waals surface area contributed by atoms with E-state index in [0.29, 0.717) is 12.1 Å². The number of rotatable bonds is 3. The second-order valence-electron chi connectivity index (χ2n) is 5.81. The van der Waals surface area contributed by atoms with Crippen LogP contribution in [0.3, 0.4) is 0 Å². The molecule has 6 nitrogen and oxygen atoms in total. The molecule has 0 amide bonds. The molecule has 0 aliphatic carbocycles. The fourth-order valence-corrected chi connectivity index (χ4v) is 3.01. The second kappa shape index (κ2) is 5.83. The molecule has 124 valence electrons. The van der Waals surface area contributed by atoms with E-state index in [1.165, 1.54) is 6.07 Å². The summed E-state index contributed by atoms with van der Waals surface area (Å²) in [5, 5.41) is 14.2. The summed E-state index contributed by atoms with van der Waals surface area (Å²) in [6, 6.07) is 19.4. The van der Waals surface area contributed by atoms with Gasteiger partial charge in [0.15, 0.2) is 5.88 Å². The van der Waals surface area contributed by atoms with Crippen molar-refractivity contribution in [1.82, 2.24) is 14.8 Å². The lowest BCUT2D eigenvalue weighted by atomic mass is 10.00. The molecule has 0 fully saturated rings. The molecular formula is C19H16N4O2. The number of nitrogens with two attached hydrogens (primary N) is 1. The number of nitrogens with one attached hydrogen (secondary N) is 1. The van der Waals surface area contributed by atoms with Gasteiger partial charge < -0.3 is 10.8 Å². The lowest BCUT2D eigenvalue weighted by Crippen LogP contribution is -2.09. The van der Waals surface area contributed by atoms with Gasteiger partial charge in [-0.05, 0) is 16.7 Å². The Bertz CT molecular complexity index is 1110. The Balaban J connectivity index is 1.82. The van der Waals surface area contributed by atoms with Crippen molar-refractivity contribution in [1.29, 1.82) is 0 Å². The van der Waals surface area contributed by atoms with Crippen molar-refractivity contribution in [2.45, 2.75) is 6.54 Å². The van der Waals surface area contributed by atoms with Gasteiger partial charge in [-0.2, -0.15) is 5.10 Å². The van der Waals surface area contributed by atoms with E-state index in [2.05, 4.69) is 10.1 Å². The van der Waals surface area contributed by atoms with Crippen LogP contribution in [0.25, 0.3) is 22.0 Å². The van der Waals surface area contributed by atoms with Gasteiger partial charge in [-0.15, -0.1) is 0 Å². The van der Waals surface area contributed by atoms with Crippen LogP contribution < -0.4 is 11.3 Å². The summed E-state index contributed by atoms with van der Waals surface area (Å²) in [4.78, 5) is 14.4. The van der Waals surface area contributed by atoms with Crippen LogP contribution in [0, 0.1) is 0 Å². The molecule has 4 aromatic rings. The van der Waals surface area contributed by atoms with Gasteiger partial charge in [0.25, 0.3) is 5.56 Å². The number of aromatic amines is 1. The molecule has 0 saturated carbocycles. The zero-order valence-electron chi connectivity index (χ0n) is 13.3. The molecule has 2 aromatic carbocycles. The minimum atomic E-state index is -0.449. The van der Waals surface area contributed by atoms with E-state index in [-0.39, 0.29) is 17.1 Å². The molecule has 2 aromatic heterocycles. The zero-order chi connectivity index (χ0) is 17.4. The summed E-state index contributed by atoms with van der Waals surface area (Å²) in [6.07, 6.45) is 0. The zero-order valence-corrected chi connectivity index (χ0v) is 13.3. The van der Waals surface area contributed by atoms with Crippen LogP contribution in [0.1, 0.15) is 5.56 Å². The van der Waals surface area contributed by atoms with Crippen molar-refractivity contribution in [3.8, 4) is 17.0 Å². The van der Waals surface area contributed by atoms with Crippen LogP contribution in [0.5, 0.6) is 5.88 Å². The standard InChI is InChI=1S/C19H16N4O2/c20-18-17-15(10-16(24)21-19(17)25)22-23(18)11-13-8-4-5-9-14(13)12-6-2-1-3-7-12/h1-10,24H,11,20H2,(H,21,25). The predicted octanol–water partition coefficient (Wildman–Crippen LogP) is 2.73. The maximum atomic E-state index is 12.0. The summed E-state index contributed by atoms with van der Waals surface area (Å²) in [7, 11) is 0. The van der Waals surface area contributed by atoms with Crippen LogP contribution in [0.15, 0.2) is 65.5 Å². The third-order valence-electron chi connectivity index (χ3n) is 4.18. The number of nitrogen functional groups attached to an aromatic ring is 1. The third-order valence-corrected chi connectivity index (χ3v) is 4.18. The first-order chi connectivity index (χ1) is 12.1. The summed E-state index contributed by atoms with van der Waals surface area (Å²) in [6.45, 7) is 0.422. The first-order valence-electron chi connectivity index (χ1n) is 7.85. The average molecular weight is 332 g/mol. The predicted molar refractivity (Wildman–Crippen MR) is 97.4 cm³/mol. The fraction of sp³-hybridized carbons (Fsp3) is 0.0526. The molecule has 0 saturated heterocycles. The highest BCUT2D eigenvalue weighted by Crippen LogP contribution is 2.26. The van der Waals surface area contributed by atoms with E-state index in [0.717, 1.165) is 16.7 Å². The normalized spacial score (nSPS) is 11.0.